The number of guanidine groups is 1. The van der Waals surface area contributed by atoms with Crippen LogP contribution in [0.1, 0.15) is 35.9 Å². The zero-order valence-electron chi connectivity index (χ0n) is 19.8. The number of nitrogens with one attached hydrogen (secondary N) is 2. The molecule has 0 radical (unpaired) electrons. The molecule has 0 amide bonds. The molecule has 2 heterocycles. The van der Waals surface area contributed by atoms with Crippen molar-refractivity contribution in [1.29, 1.82) is 0 Å². The predicted molar refractivity (Wildman–Crippen MR) is 131 cm³/mol. The number of benzene rings is 1. The first-order valence-electron chi connectivity index (χ1n) is 11.1. The lowest BCUT2D eigenvalue weighted by Crippen LogP contribution is -2.39. The average Bonchev–Trinajstić information content (AvgIpc) is 3.14. The highest BCUT2D eigenvalue weighted by atomic mass is 15.3. The lowest BCUT2D eigenvalue weighted by molar-refractivity contribution is 0.238. The van der Waals surface area contributed by atoms with Crippen LogP contribution in [-0.4, -0.2) is 52.3 Å². The monoisotopic (exact) mass is 433 g/mol. The Hall–Kier alpha value is -3.19. The van der Waals surface area contributed by atoms with Crippen LogP contribution in [0.5, 0.6) is 0 Å². The summed E-state index contributed by atoms with van der Waals surface area (Å²) in [6.07, 6.45) is 2.91. The summed E-state index contributed by atoms with van der Waals surface area (Å²) in [4.78, 5) is 11.3. The minimum Gasteiger partial charge on any atom is -0.356 e. The van der Waals surface area contributed by atoms with E-state index in [2.05, 4.69) is 81.0 Å². The molecule has 32 heavy (non-hydrogen) atoms. The Balaban J connectivity index is 1.42. The van der Waals surface area contributed by atoms with E-state index < -0.39 is 0 Å². The van der Waals surface area contributed by atoms with Crippen LogP contribution >= 0.6 is 0 Å². The van der Waals surface area contributed by atoms with Gasteiger partial charge in [0.25, 0.3) is 0 Å². The van der Waals surface area contributed by atoms with Gasteiger partial charge in [-0.25, -0.2) is 9.67 Å². The number of hydrogen-bond acceptors (Lipinski definition) is 4. The van der Waals surface area contributed by atoms with Crippen LogP contribution in [0, 0.1) is 13.8 Å². The van der Waals surface area contributed by atoms with Gasteiger partial charge in [0.05, 0.1) is 5.69 Å². The number of aliphatic imine (C=N–C) groups is 1. The molecule has 0 bridgehead atoms. The van der Waals surface area contributed by atoms with Gasteiger partial charge >= 0.3 is 0 Å². The number of hydrogen-bond donors (Lipinski definition) is 2. The topological polar surface area (TPSA) is 70.4 Å². The van der Waals surface area contributed by atoms with Crippen molar-refractivity contribution >= 4 is 5.96 Å². The number of aryl methyl sites for hydroxylation is 2. The number of rotatable bonds is 9. The van der Waals surface area contributed by atoms with Crippen molar-refractivity contribution in [2.75, 3.05) is 20.6 Å². The van der Waals surface area contributed by atoms with Crippen LogP contribution in [0.15, 0.2) is 59.7 Å². The molecule has 1 aromatic carbocycles. The summed E-state index contributed by atoms with van der Waals surface area (Å²) >= 11 is 0. The zero-order chi connectivity index (χ0) is 22.9. The first-order valence-corrected chi connectivity index (χ1v) is 11.1. The van der Waals surface area contributed by atoms with Crippen molar-refractivity contribution in [2.24, 2.45) is 4.99 Å². The standard InChI is InChI=1S/C25H35N7/c1-19-15-21(3)32(30-19)24-12-11-23(16-28-24)17-29-25(26-4)27-14-13-20(2)31(5)18-22-9-7-6-8-10-22/h6-12,15-16,20H,13-14,17-18H2,1-5H3,(H2,26,27,29). The number of pyridine rings is 1. The summed E-state index contributed by atoms with van der Waals surface area (Å²) < 4.78 is 1.86. The molecule has 7 nitrogen and oxygen atoms in total. The molecule has 1 atom stereocenters. The Morgan fingerprint density at radius 1 is 1.09 bits per heavy atom. The molecule has 1 unspecified atom stereocenters. The normalized spacial score (nSPS) is 12.8. The van der Waals surface area contributed by atoms with E-state index in [-0.39, 0.29) is 0 Å². The largest absolute Gasteiger partial charge is 0.356 e. The molecule has 2 N–H and O–H groups in total. The van der Waals surface area contributed by atoms with Crippen molar-refractivity contribution in [2.45, 2.75) is 46.3 Å². The summed E-state index contributed by atoms with van der Waals surface area (Å²) in [5, 5.41) is 11.3. The quantitative estimate of drug-likeness (QED) is 0.399. The van der Waals surface area contributed by atoms with Crippen LogP contribution < -0.4 is 10.6 Å². The molecular weight excluding hydrogens is 398 g/mol. The minimum absolute atomic E-state index is 0.465. The lowest BCUT2D eigenvalue weighted by atomic mass is 10.1. The third-order valence-corrected chi connectivity index (χ3v) is 5.60. The molecule has 3 rings (SSSR count). The number of aromatic nitrogens is 3. The second-order valence-corrected chi connectivity index (χ2v) is 8.25. The Labute approximate surface area is 191 Å². The second-order valence-electron chi connectivity index (χ2n) is 8.25. The van der Waals surface area contributed by atoms with Crippen LogP contribution in [0.25, 0.3) is 5.82 Å². The summed E-state index contributed by atoms with van der Waals surface area (Å²) in [6, 6.07) is 17.2. The van der Waals surface area contributed by atoms with E-state index in [0.717, 1.165) is 48.2 Å². The summed E-state index contributed by atoms with van der Waals surface area (Å²) in [5.74, 6) is 1.63. The van der Waals surface area contributed by atoms with Crippen molar-refractivity contribution < 1.29 is 0 Å². The maximum atomic E-state index is 4.56. The van der Waals surface area contributed by atoms with Crippen LogP contribution in [-0.2, 0) is 13.1 Å². The highest BCUT2D eigenvalue weighted by Crippen LogP contribution is 2.10. The third kappa shape index (κ3) is 6.65. The molecule has 0 spiro atoms. The van der Waals surface area contributed by atoms with E-state index in [1.165, 1.54) is 5.56 Å². The van der Waals surface area contributed by atoms with Gasteiger partial charge in [0.2, 0.25) is 0 Å². The van der Waals surface area contributed by atoms with Gasteiger partial charge in [-0.15, -0.1) is 0 Å². The average molecular weight is 434 g/mol. The molecular formula is C25H35N7. The molecule has 7 heteroatoms. The number of nitrogens with zero attached hydrogens (tertiary/aromatic N) is 5. The molecule has 0 aliphatic carbocycles. The Bertz CT molecular complexity index is 993. The Morgan fingerprint density at radius 2 is 1.88 bits per heavy atom. The highest BCUT2D eigenvalue weighted by molar-refractivity contribution is 5.79. The minimum atomic E-state index is 0.465. The van der Waals surface area contributed by atoms with Gasteiger partial charge in [-0.3, -0.25) is 9.89 Å². The van der Waals surface area contributed by atoms with Gasteiger partial charge in [-0.05, 0) is 57.5 Å². The Morgan fingerprint density at radius 3 is 2.50 bits per heavy atom. The maximum Gasteiger partial charge on any atom is 0.191 e. The fourth-order valence-electron chi connectivity index (χ4n) is 3.56. The fourth-order valence-corrected chi connectivity index (χ4v) is 3.56. The van der Waals surface area contributed by atoms with Crippen molar-refractivity contribution in [3.8, 4) is 5.82 Å². The summed E-state index contributed by atoms with van der Waals surface area (Å²) in [6.45, 7) is 8.75. The summed E-state index contributed by atoms with van der Waals surface area (Å²) in [5.41, 5.74) is 4.50. The van der Waals surface area contributed by atoms with Gasteiger partial charge in [0, 0.05) is 44.6 Å². The predicted octanol–water partition coefficient (Wildman–Crippen LogP) is 3.46. The van der Waals surface area contributed by atoms with E-state index in [9.17, 15) is 0 Å². The first kappa shape index (κ1) is 23.5. The van der Waals surface area contributed by atoms with E-state index in [1.807, 2.05) is 36.9 Å². The van der Waals surface area contributed by atoms with Crippen LogP contribution in [0.3, 0.4) is 0 Å². The summed E-state index contributed by atoms with van der Waals surface area (Å²) in [7, 11) is 3.97. The zero-order valence-corrected chi connectivity index (χ0v) is 19.8. The van der Waals surface area contributed by atoms with E-state index in [0.29, 0.717) is 12.6 Å². The van der Waals surface area contributed by atoms with Crippen LogP contribution in [0.4, 0.5) is 0 Å². The van der Waals surface area contributed by atoms with Crippen LogP contribution in [0.2, 0.25) is 0 Å². The lowest BCUT2D eigenvalue weighted by Gasteiger charge is -2.25. The molecule has 0 saturated heterocycles. The maximum absolute atomic E-state index is 4.56. The fraction of sp³-hybridized carbons (Fsp3) is 0.400. The molecule has 0 saturated carbocycles. The molecule has 170 valence electrons. The van der Waals surface area contributed by atoms with E-state index in [4.69, 9.17) is 0 Å². The first-order chi connectivity index (χ1) is 15.5. The van der Waals surface area contributed by atoms with Gasteiger partial charge in [-0.1, -0.05) is 36.4 Å². The molecule has 0 aliphatic rings. The molecule has 3 aromatic rings. The van der Waals surface area contributed by atoms with Gasteiger partial charge in [0.15, 0.2) is 11.8 Å². The second kappa shape index (κ2) is 11.4. The smallest absolute Gasteiger partial charge is 0.191 e. The third-order valence-electron chi connectivity index (χ3n) is 5.60. The van der Waals surface area contributed by atoms with Crippen molar-refractivity contribution in [3.05, 3.63) is 77.2 Å². The van der Waals surface area contributed by atoms with Gasteiger partial charge < -0.3 is 10.6 Å². The highest BCUT2D eigenvalue weighted by Gasteiger charge is 2.10. The molecule has 0 aliphatic heterocycles. The van der Waals surface area contributed by atoms with E-state index in [1.54, 1.807) is 7.05 Å². The van der Waals surface area contributed by atoms with E-state index >= 15 is 0 Å². The van der Waals surface area contributed by atoms with Gasteiger partial charge in [0.1, 0.15) is 0 Å². The Kier molecular flexibility index (Phi) is 8.39. The SMILES string of the molecule is CN=C(NCCC(C)N(C)Cc1ccccc1)NCc1ccc(-n2nc(C)cc2C)nc1. The molecule has 0 fully saturated rings. The van der Waals surface area contributed by atoms with Crippen molar-refractivity contribution in [1.82, 2.24) is 30.3 Å². The van der Waals surface area contributed by atoms with Crippen molar-refractivity contribution in [3.63, 3.8) is 0 Å². The van der Waals surface area contributed by atoms with Gasteiger partial charge in [-0.2, -0.15) is 5.10 Å². The molecule has 2 aromatic heterocycles.